The summed E-state index contributed by atoms with van der Waals surface area (Å²) in [4.78, 5) is 15.5. The first-order valence-electron chi connectivity index (χ1n) is 7.47. The third kappa shape index (κ3) is 6.64. The number of carbonyl (C=O) groups excluding carboxylic acids is 1. The van der Waals surface area contributed by atoms with E-state index in [1.165, 1.54) is 0 Å². The van der Waals surface area contributed by atoms with Gasteiger partial charge in [0.15, 0.2) is 5.96 Å². The van der Waals surface area contributed by atoms with Crippen LogP contribution in [0.4, 0.5) is 5.69 Å². The van der Waals surface area contributed by atoms with Gasteiger partial charge in [-0.1, -0.05) is 0 Å². The summed E-state index contributed by atoms with van der Waals surface area (Å²) in [6.45, 7) is 7.02. The minimum Gasteiger partial charge on any atom is -0.492 e. The number of hydrogen-bond donors (Lipinski definition) is 3. The van der Waals surface area contributed by atoms with Gasteiger partial charge < -0.3 is 21.1 Å². The molecule has 1 heterocycles. The van der Waals surface area contributed by atoms with E-state index in [0.29, 0.717) is 25.5 Å². The average molecular weight is 432 g/mol. The Morgan fingerprint density at radius 2 is 2.13 bits per heavy atom. The van der Waals surface area contributed by atoms with E-state index in [-0.39, 0.29) is 35.4 Å². The number of halogens is 1. The first-order chi connectivity index (χ1) is 10.3. The van der Waals surface area contributed by atoms with Crippen LogP contribution in [0.15, 0.2) is 23.2 Å². The summed E-state index contributed by atoms with van der Waals surface area (Å²) in [5.74, 6) is 1.27. The van der Waals surface area contributed by atoms with Gasteiger partial charge in [-0.15, -0.1) is 24.0 Å². The van der Waals surface area contributed by atoms with E-state index in [4.69, 9.17) is 10.5 Å². The third-order valence-corrected chi connectivity index (χ3v) is 3.12. The maximum Gasteiger partial charge on any atom is 0.224 e. The van der Waals surface area contributed by atoms with Crippen LogP contribution in [0, 0.1) is 0 Å². The average Bonchev–Trinajstić information content (AvgIpc) is 2.41. The normalized spacial score (nSPS) is 14.4. The Labute approximate surface area is 154 Å². The summed E-state index contributed by atoms with van der Waals surface area (Å²) in [5.41, 5.74) is 7.67. The van der Waals surface area contributed by atoms with E-state index in [2.05, 4.69) is 15.6 Å². The molecule has 0 atom stereocenters. The van der Waals surface area contributed by atoms with Gasteiger partial charge in [0.1, 0.15) is 12.4 Å². The standard InChI is InChI=1S/C16H24N4O2.HI/c1-16(2,3)20-15(17)18-8-9-22-12-5-6-13-11(10-12)4-7-14(21)19-13;/h5-6,10H,4,7-9H2,1-3H3,(H,19,21)(H3,17,18,20);1H. The molecule has 23 heavy (non-hydrogen) atoms. The van der Waals surface area contributed by atoms with Crippen molar-refractivity contribution in [3.63, 3.8) is 0 Å². The molecule has 0 saturated carbocycles. The number of fused-ring (bicyclic) bond motifs is 1. The molecule has 7 heteroatoms. The van der Waals surface area contributed by atoms with Crippen molar-refractivity contribution in [1.82, 2.24) is 5.32 Å². The molecular weight excluding hydrogens is 407 g/mol. The summed E-state index contributed by atoms with van der Waals surface area (Å²) < 4.78 is 5.68. The highest BCUT2D eigenvalue weighted by molar-refractivity contribution is 14.0. The highest BCUT2D eigenvalue weighted by Gasteiger charge is 2.15. The minimum absolute atomic E-state index is 0. The number of benzene rings is 1. The lowest BCUT2D eigenvalue weighted by Gasteiger charge is -2.21. The van der Waals surface area contributed by atoms with Gasteiger partial charge in [-0.2, -0.15) is 0 Å². The van der Waals surface area contributed by atoms with Crippen LogP contribution in [0.2, 0.25) is 0 Å². The van der Waals surface area contributed by atoms with Gasteiger partial charge in [0.25, 0.3) is 0 Å². The molecule has 6 nitrogen and oxygen atoms in total. The zero-order valence-corrected chi connectivity index (χ0v) is 16.1. The van der Waals surface area contributed by atoms with E-state index >= 15 is 0 Å². The van der Waals surface area contributed by atoms with Crippen molar-refractivity contribution in [3.05, 3.63) is 23.8 Å². The second-order valence-electron chi connectivity index (χ2n) is 6.36. The summed E-state index contributed by atoms with van der Waals surface area (Å²) in [6, 6.07) is 5.70. The molecule has 128 valence electrons. The van der Waals surface area contributed by atoms with Gasteiger partial charge in [0.2, 0.25) is 5.91 Å². The Kier molecular flexibility index (Phi) is 7.11. The molecule has 1 aliphatic rings. The van der Waals surface area contributed by atoms with E-state index in [1.54, 1.807) is 0 Å². The Hall–Kier alpha value is -1.51. The quantitative estimate of drug-likeness (QED) is 0.295. The molecule has 0 aromatic heterocycles. The number of amides is 1. The fraction of sp³-hybridized carbons (Fsp3) is 0.500. The smallest absolute Gasteiger partial charge is 0.224 e. The van der Waals surface area contributed by atoms with Gasteiger partial charge >= 0.3 is 0 Å². The van der Waals surface area contributed by atoms with Crippen LogP contribution < -0.4 is 21.1 Å². The van der Waals surface area contributed by atoms with Crippen molar-refractivity contribution in [1.29, 1.82) is 0 Å². The Morgan fingerprint density at radius 3 is 2.83 bits per heavy atom. The van der Waals surface area contributed by atoms with Crippen molar-refractivity contribution in [2.45, 2.75) is 39.2 Å². The van der Waals surface area contributed by atoms with Crippen molar-refractivity contribution in [3.8, 4) is 5.75 Å². The predicted octanol–water partition coefficient (Wildman–Crippen LogP) is 2.27. The number of nitrogens with zero attached hydrogens (tertiary/aromatic N) is 1. The maximum absolute atomic E-state index is 11.3. The monoisotopic (exact) mass is 432 g/mol. The number of aryl methyl sites for hydroxylation is 1. The second kappa shape index (κ2) is 8.37. The van der Waals surface area contributed by atoms with Crippen molar-refractivity contribution >= 4 is 41.5 Å². The number of rotatable bonds is 4. The molecule has 1 amide bonds. The molecule has 4 N–H and O–H groups in total. The van der Waals surface area contributed by atoms with Crippen LogP contribution in [0.25, 0.3) is 0 Å². The molecule has 0 saturated heterocycles. The van der Waals surface area contributed by atoms with Gasteiger partial charge in [-0.25, -0.2) is 4.99 Å². The maximum atomic E-state index is 11.3. The molecule has 2 rings (SSSR count). The first-order valence-corrected chi connectivity index (χ1v) is 7.47. The van der Waals surface area contributed by atoms with Crippen molar-refractivity contribution in [2.75, 3.05) is 18.5 Å². The van der Waals surface area contributed by atoms with Crippen LogP contribution in [0.5, 0.6) is 5.75 Å². The topological polar surface area (TPSA) is 88.7 Å². The number of nitrogens with one attached hydrogen (secondary N) is 2. The zero-order chi connectivity index (χ0) is 16.2. The molecule has 0 spiro atoms. The van der Waals surface area contributed by atoms with E-state index < -0.39 is 0 Å². The number of ether oxygens (including phenoxy) is 1. The summed E-state index contributed by atoms with van der Waals surface area (Å²) >= 11 is 0. The number of hydrogen-bond acceptors (Lipinski definition) is 3. The van der Waals surface area contributed by atoms with E-state index in [9.17, 15) is 4.79 Å². The third-order valence-electron chi connectivity index (χ3n) is 3.12. The Bertz CT molecular complexity index is 582. The summed E-state index contributed by atoms with van der Waals surface area (Å²) in [6.07, 6.45) is 1.27. The van der Waals surface area contributed by atoms with Crippen LogP contribution in [0.3, 0.4) is 0 Å². The molecule has 0 fully saturated rings. The first kappa shape index (κ1) is 19.5. The van der Waals surface area contributed by atoms with Crippen molar-refractivity contribution < 1.29 is 9.53 Å². The lowest BCUT2D eigenvalue weighted by molar-refractivity contribution is -0.116. The molecule has 1 aromatic rings. The predicted molar refractivity (Wildman–Crippen MR) is 104 cm³/mol. The Morgan fingerprint density at radius 1 is 1.39 bits per heavy atom. The SMILES string of the molecule is CC(C)(C)NC(N)=NCCOc1ccc2c(c1)CCC(=O)N2.I. The second-order valence-corrected chi connectivity index (χ2v) is 6.36. The zero-order valence-electron chi connectivity index (χ0n) is 13.8. The molecule has 0 unspecified atom stereocenters. The lowest BCUT2D eigenvalue weighted by Crippen LogP contribution is -2.45. The molecule has 0 radical (unpaired) electrons. The van der Waals surface area contributed by atoms with Crippen LogP contribution >= 0.6 is 24.0 Å². The van der Waals surface area contributed by atoms with Crippen LogP contribution in [-0.2, 0) is 11.2 Å². The number of carbonyl (C=O) groups is 1. The minimum atomic E-state index is -0.0998. The highest BCUT2D eigenvalue weighted by atomic mass is 127. The Balaban J connectivity index is 0.00000264. The number of nitrogens with two attached hydrogens (primary N) is 1. The summed E-state index contributed by atoms with van der Waals surface area (Å²) in [5, 5.41) is 5.94. The molecule has 1 aliphatic heterocycles. The fourth-order valence-corrected chi connectivity index (χ4v) is 2.20. The van der Waals surface area contributed by atoms with E-state index in [1.807, 2.05) is 39.0 Å². The van der Waals surface area contributed by atoms with Gasteiger partial charge in [-0.3, -0.25) is 4.79 Å². The largest absolute Gasteiger partial charge is 0.492 e. The van der Waals surface area contributed by atoms with Crippen LogP contribution in [0.1, 0.15) is 32.8 Å². The highest BCUT2D eigenvalue weighted by Crippen LogP contribution is 2.26. The van der Waals surface area contributed by atoms with Gasteiger partial charge in [0.05, 0.1) is 6.54 Å². The fourth-order valence-electron chi connectivity index (χ4n) is 2.20. The van der Waals surface area contributed by atoms with Gasteiger partial charge in [-0.05, 0) is 51.0 Å². The lowest BCUT2D eigenvalue weighted by atomic mass is 10.0. The van der Waals surface area contributed by atoms with Crippen molar-refractivity contribution in [2.24, 2.45) is 10.7 Å². The summed E-state index contributed by atoms with van der Waals surface area (Å²) in [7, 11) is 0. The molecule has 1 aromatic carbocycles. The number of aliphatic imine (C=N–C) groups is 1. The molecular formula is C16H25IN4O2. The number of guanidine groups is 1. The molecule has 0 aliphatic carbocycles. The molecule has 0 bridgehead atoms. The van der Waals surface area contributed by atoms with E-state index in [0.717, 1.165) is 23.4 Å². The number of anilines is 1. The van der Waals surface area contributed by atoms with Gasteiger partial charge in [0, 0.05) is 17.6 Å². The van der Waals surface area contributed by atoms with Crippen LogP contribution in [-0.4, -0.2) is 30.6 Å².